The van der Waals surface area contributed by atoms with Crippen molar-refractivity contribution in [2.24, 2.45) is 5.10 Å². The summed E-state index contributed by atoms with van der Waals surface area (Å²) in [4.78, 5) is 12.2. The maximum absolute atomic E-state index is 13.1. The van der Waals surface area contributed by atoms with Gasteiger partial charge in [0.25, 0.3) is 5.91 Å². The molecule has 0 fully saturated rings. The maximum Gasteiger partial charge on any atom is 0.271 e. The van der Waals surface area contributed by atoms with Crippen LogP contribution in [-0.4, -0.2) is 18.7 Å². The quantitative estimate of drug-likeness (QED) is 0.199. The first-order valence-corrected chi connectivity index (χ1v) is 11.3. The van der Waals surface area contributed by atoms with Crippen LogP contribution in [-0.2, 0) is 6.61 Å². The van der Waals surface area contributed by atoms with E-state index >= 15 is 0 Å². The van der Waals surface area contributed by atoms with Crippen molar-refractivity contribution in [2.45, 2.75) is 13.5 Å². The number of nitrogens with zero attached hydrogens (tertiary/aromatic N) is 1. The van der Waals surface area contributed by atoms with Gasteiger partial charge in [0.05, 0.1) is 17.3 Å². The van der Waals surface area contributed by atoms with Gasteiger partial charge in [-0.3, -0.25) is 4.79 Å². The molecule has 0 atom stereocenters. The summed E-state index contributed by atoms with van der Waals surface area (Å²) in [6, 6.07) is 16.9. The van der Waals surface area contributed by atoms with Gasteiger partial charge in [0.2, 0.25) is 0 Å². The van der Waals surface area contributed by atoms with Crippen LogP contribution in [0.15, 0.2) is 70.2 Å². The van der Waals surface area contributed by atoms with Crippen molar-refractivity contribution in [3.63, 3.8) is 0 Å². The number of nitrogens with one attached hydrogen (secondary N) is 1. The molecule has 8 heteroatoms. The summed E-state index contributed by atoms with van der Waals surface area (Å²) >= 11 is 5.68. The van der Waals surface area contributed by atoms with E-state index in [1.165, 1.54) is 18.3 Å². The van der Waals surface area contributed by atoms with Crippen molar-refractivity contribution in [1.29, 1.82) is 0 Å². The molecular formula is C23H19BrFIN2O3. The molecule has 0 aliphatic carbocycles. The van der Waals surface area contributed by atoms with Gasteiger partial charge in [-0.2, -0.15) is 5.10 Å². The van der Waals surface area contributed by atoms with Gasteiger partial charge in [0, 0.05) is 9.13 Å². The zero-order chi connectivity index (χ0) is 22.2. The van der Waals surface area contributed by atoms with Crippen LogP contribution in [0.2, 0.25) is 0 Å². The van der Waals surface area contributed by atoms with Crippen LogP contribution in [0.3, 0.4) is 0 Å². The largest absolute Gasteiger partial charge is 0.490 e. The van der Waals surface area contributed by atoms with E-state index in [2.05, 4.69) is 49.0 Å². The predicted molar refractivity (Wildman–Crippen MR) is 130 cm³/mol. The molecule has 0 bridgehead atoms. The van der Waals surface area contributed by atoms with Gasteiger partial charge in [-0.05, 0) is 105 Å². The summed E-state index contributed by atoms with van der Waals surface area (Å²) in [6.45, 7) is 2.58. The van der Waals surface area contributed by atoms with Crippen molar-refractivity contribution in [2.75, 3.05) is 6.61 Å². The average molecular weight is 597 g/mol. The number of hydrazone groups is 1. The molecule has 0 aromatic heterocycles. The fourth-order valence-corrected chi connectivity index (χ4v) is 3.57. The van der Waals surface area contributed by atoms with Gasteiger partial charge < -0.3 is 9.47 Å². The molecule has 31 heavy (non-hydrogen) atoms. The van der Waals surface area contributed by atoms with Crippen LogP contribution in [0.1, 0.15) is 28.4 Å². The topological polar surface area (TPSA) is 59.9 Å². The van der Waals surface area contributed by atoms with Gasteiger partial charge in [-0.25, -0.2) is 9.82 Å². The fourth-order valence-electron chi connectivity index (χ4n) is 2.63. The lowest BCUT2D eigenvalue weighted by Crippen LogP contribution is -2.17. The van der Waals surface area contributed by atoms with E-state index in [-0.39, 0.29) is 18.3 Å². The molecule has 0 radical (unpaired) electrons. The van der Waals surface area contributed by atoms with Crippen LogP contribution < -0.4 is 14.9 Å². The molecule has 160 valence electrons. The Kier molecular flexibility index (Phi) is 8.42. The van der Waals surface area contributed by atoms with Gasteiger partial charge in [0.1, 0.15) is 12.4 Å². The minimum atomic E-state index is -0.295. The highest BCUT2D eigenvalue weighted by molar-refractivity contribution is 14.1. The number of carbonyl (C=O) groups excluding carboxylic acids is 1. The normalized spacial score (nSPS) is 10.8. The molecule has 0 heterocycles. The van der Waals surface area contributed by atoms with Crippen LogP contribution >= 0.6 is 38.5 Å². The zero-order valence-electron chi connectivity index (χ0n) is 16.6. The standard InChI is InChI=1S/C23H19BrFIN2O3/c1-2-30-21-12-16(13-27-28-23(29)17-5-9-19(26)10-6-17)11-20(24)22(21)31-14-15-3-7-18(25)8-4-15/h3-13H,2,14H2,1H3,(H,28,29)/b27-13-. The number of benzene rings is 3. The predicted octanol–water partition coefficient (Wildman–Crippen LogP) is 5.93. The Balaban J connectivity index is 1.71. The Morgan fingerprint density at radius 2 is 1.84 bits per heavy atom. The molecule has 0 aliphatic heterocycles. The highest BCUT2D eigenvalue weighted by Gasteiger charge is 2.12. The Bertz CT molecular complexity index is 1070. The zero-order valence-corrected chi connectivity index (χ0v) is 20.3. The van der Waals surface area contributed by atoms with E-state index in [0.717, 1.165) is 9.13 Å². The number of rotatable bonds is 8. The minimum absolute atomic E-state index is 0.262. The highest BCUT2D eigenvalue weighted by atomic mass is 127. The Morgan fingerprint density at radius 1 is 1.13 bits per heavy atom. The molecule has 0 saturated heterocycles. The SMILES string of the molecule is CCOc1cc(/C=N\NC(=O)c2ccc(I)cc2)cc(Br)c1OCc1ccc(F)cc1. The van der Waals surface area contributed by atoms with Crippen molar-refractivity contribution in [3.8, 4) is 11.5 Å². The van der Waals surface area contributed by atoms with E-state index in [1.54, 1.807) is 30.3 Å². The molecule has 0 unspecified atom stereocenters. The van der Waals surface area contributed by atoms with E-state index in [0.29, 0.717) is 33.7 Å². The lowest BCUT2D eigenvalue weighted by atomic mass is 10.2. The monoisotopic (exact) mass is 596 g/mol. The number of carbonyl (C=O) groups is 1. The Hall–Kier alpha value is -2.46. The summed E-state index contributed by atoms with van der Waals surface area (Å²) in [6.07, 6.45) is 1.53. The van der Waals surface area contributed by atoms with E-state index in [9.17, 15) is 9.18 Å². The van der Waals surface area contributed by atoms with Gasteiger partial charge in [0.15, 0.2) is 11.5 Å². The second-order valence-electron chi connectivity index (χ2n) is 6.38. The third-order valence-electron chi connectivity index (χ3n) is 4.11. The smallest absolute Gasteiger partial charge is 0.271 e. The molecule has 0 spiro atoms. The van der Waals surface area contributed by atoms with Crippen LogP contribution in [0.5, 0.6) is 11.5 Å². The molecule has 3 aromatic carbocycles. The first-order chi connectivity index (χ1) is 15.0. The second kappa shape index (κ2) is 11.2. The van der Waals surface area contributed by atoms with E-state index < -0.39 is 0 Å². The summed E-state index contributed by atoms with van der Waals surface area (Å²) in [5, 5.41) is 4.04. The number of amides is 1. The Labute approximate surface area is 201 Å². The lowest BCUT2D eigenvalue weighted by molar-refractivity contribution is 0.0955. The highest BCUT2D eigenvalue weighted by Crippen LogP contribution is 2.37. The van der Waals surface area contributed by atoms with Crippen molar-refractivity contribution >= 4 is 50.6 Å². The number of hydrogen-bond acceptors (Lipinski definition) is 4. The molecule has 1 amide bonds. The lowest BCUT2D eigenvalue weighted by Gasteiger charge is -2.14. The molecule has 3 aromatic rings. The molecule has 3 rings (SSSR count). The van der Waals surface area contributed by atoms with Crippen molar-refractivity contribution in [1.82, 2.24) is 5.43 Å². The number of hydrogen-bond donors (Lipinski definition) is 1. The van der Waals surface area contributed by atoms with Crippen molar-refractivity contribution < 1.29 is 18.7 Å². The minimum Gasteiger partial charge on any atom is -0.490 e. The first-order valence-electron chi connectivity index (χ1n) is 9.39. The van der Waals surface area contributed by atoms with Gasteiger partial charge in [-0.1, -0.05) is 12.1 Å². The number of ether oxygens (including phenoxy) is 2. The van der Waals surface area contributed by atoms with Crippen LogP contribution in [0, 0.1) is 9.39 Å². The maximum atomic E-state index is 13.1. The van der Waals surface area contributed by atoms with Gasteiger partial charge >= 0.3 is 0 Å². The second-order valence-corrected chi connectivity index (χ2v) is 8.48. The summed E-state index contributed by atoms with van der Waals surface area (Å²) < 4.78 is 26.4. The third-order valence-corrected chi connectivity index (χ3v) is 5.42. The average Bonchev–Trinajstić information content (AvgIpc) is 2.75. The van der Waals surface area contributed by atoms with E-state index in [4.69, 9.17) is 9.47 Å². The number of halogens is 3. The van der Waals surface area contributed by atoms with E-state index in [1.807, 2.05) is 25.1 Å². The van der Waals surface area contributed by atoms with Gasteiger partial charge in [-0.15, -0.1) is 0 Å². The molecule has 0 saturated carbocycles. The summed E-state index contributed by atoms with van der Waals surface area (Å²) in [5.74, 6) is 0.476. The molecule has 5 nitrogen and oxygen atoms in total. The Morgan fingerprint density at radius 3 is 2.52 bits per heavy atom. The first kappa shape index (κ1) is 23.2. The third kappa shape index (κ3) is 6.76. The molecular weight excluding hydrogens is 578 g/mol. The molecule has 1 N–H and O–H groups in total. The fraction of sp³-hybridized carbons (Fsp3) is 0.130. The summed E-state index contributed by atoms with van der Waals surface area (Å²) in [7, 11) is 0. The molecule has 0 aliphatic rings. The van der Waals surface area contributed by atoms with Crippen LogP contribution in [0.25, 0.3) is 0 Å². The van der Waals surface area contributed by atoms with Crippen LogP contribution in [0.4, 0.5) is 4.39 Å². The summed E-state index contributed by atoms with van der Waals surface area (Å²) in [5.41, 5.74) is 4.59. The van der Waals surface area contributed by atoms with Crippen molar-refractivity contribution in [3.05, 3.63) is 91.2 Å².